The fourth-order valence-corrected chi connectivity index (χ4v) is 5.77. The van der Waals surface area contributed by atoms with E-state index in [2.05, 4.69) is 39.9 Å². The van der Waals surface area contributed by atoms with E-state index in [4.69, 9.17) is 9.47 Å². The zero-order valence-corrected chi connectivity index (χ0v) is 22.2. The van der Waals surface area contributed by atoms with Gasteiger partial charge in [0.25, 0.3) is 5.91 Å². The molecule has 190 valence electrons. The van der Waals surface area contributed by atoms with Crippen molar-refractivity contribution in [3.8, 4) is 11.5 Å². The number of fused-ring (bicyclic) bond motifs is 2. The molecule has 2 heterocycles. The smallest absolute Gasteiger partial charge is 0.263 e. The van der Waals surface area contributed by atoms with Crippen molar-refractivity contribution >= 4 is 21.6 Å². The number of ether oxygens (including phenoxy) is 2. The molecule has 0 saturated carbocycles. The molecule has 2 aromatic rings. The third-order valence-corrected chi connectivity index (χ3v) is 8.34. The second-order valence-electron chi connectivity index (χ2n) is 10.6. The molecule has 0 aliphatic carbocycles. The summed E-state index contributed by atoms with van der Waals surface area (Å²) in [6.07, 6.45) is 2.46. The van der Waals surface area contributed by atoms with Gasteiger partial charge >= 0.3 is 0 Å². The van der Waals surface area contributed by atoms with E-state index in [0.29, 0.717) is 17.9 Å². The van der Waals surface area contributed by atoms with Crippen molar-refractivity contribution in [3.05, 3.63) is 53.6 Å². The van der Waals surface area contributed by atoms with E-state index in [1.54, 1.807) is 6.07 Å². The number of rotatable bonds is 5. The number of nitrogens with one attached hydrogen (secondary N) is 1. The molecular weight excluding hydrogens is 464 g/mol. The van der Waals surface area contributed by atoms with Crippen LogP contribution in [0.5, 0.6) is 11.5 Å². The molecule has 0 unspecified atom stereocenters. The zero-order chi connectivity index (χ0) is 25.6. The second-order valence-corrected chi connectivity index (χ2v) is 12.5. The van der Waals surface area contributed by atoms with E-state index in [9.17, 15) is 13.2 Å². The van der Waals surface area contributed by atoms with E-state index in [1.807, 2.05) is 36.4 Å². The molecule has 1 N–H and O–H groups in total. The molecule has 2 aliphatic rings. The number of amides is 1. The quantitative estimate of drug-likeness (QED) is 0.643. The van der Waals surface area contributed by atoms with Gasteiger partial charge in [0.05, 0.1) is 24.5 Å². The lowest BCUT2D eigenvalue weighted by molar-refractivity contribution is -0.129. The lowest BCUT2D eigenvalue weighted by Gasteiger charge is -2.42. The van der Waals surface area contributed by atoms with Gasteiger partial charge in [-0.1, -0.05) is 58.9 Å². The molecule has 0 spiro atoms. The predicted molar refractivity (Wildman–Crippen MR) is 138 cm³/mol. The number of benzene rings is 2. The number of para-hydroxylation sites is 1. The second kappa shape index (κ2) is 9.04. The summed E-state index contributed by atoms with van der Waals surface area (Å²) in [6.45, 7) is 10.3. The van der Waals surface area contributed by atoms with Crippen LogP contribution in [0, 0.1) is 0 Å². The predicted octanol–water partition coefficient (Wildman–Crippen LogP) is 4.71. The summed E-state index contributed by atoms with van der Waals surface area (Å²) in [6, 6.07) is 13.0. The van der Waals surface area contributed by atoms with Crippen molar-refractivity contribution in [1.29, 1.82) is 0 Å². The Bertz CT molecular complexity index is 1210. The van der Waals surface area contributed by atoms with Crippen molar-refractivity contribution in [1.82, 2.24) is 5.32 Å². The highest BCUT2D eigenvalue weighted by Gasteiger charge is 2.41. The highest BCUT2D eigenvalue weighted by molar-refractivity contribution is 7.92. The summed E-state index contributed by atoms with van der Waals surface area (Å²) in [4.78, 5) is 13.5. The van der Waals surface area contributed by atoms with Crippen molar-refractivity contribution in [2.24, 2.45) is 0 Å². The van der Waals surface area contributed by atoms with Crippen LogP contribution in [-0.2, 0) is 20.2 Å². The molecule has 0 radical (unpaired) electrons. The average molecular weight is 501 g/mol. The van der Waals surface area contributed by atoms with Crippen LogP contribution in [0.4, 0.5) is 5.69 Å². The minimum atomic E-state index is -3.62. The van der Waals surface area contributed by atoms with E-state index in [-0.39, 0.29) is 29.5 Å². The first-order valence-electron chi connectivity index (χ1n) is 12.2. The van der Waals surface area contributed by atoms with Crippen LogP contribution in [0.3, 0.4) is 0 Å². The third kappa shape index (κ3) is 4.99. The molecule has 7 nitrogen and oxygen atoms in total. The highest BCUT2D eigenvalue weighted by atomic mass is 32.2. The molecule has 0 bridgehead atoms. The maximum absolute atomic E-state index is 13.5. The lowest BCUT2D eigenvalue weighted by atomic mass is 9.83. The van der Waals surface area contributed by atoms with E-state index in [0.717, 1.165) is 36.0 Å². The molecular formula is C27H36N2O5S. The molecule has 2 aliphatic heterocycles. The van der Waals surface area contributed by atoms with Crippen LogP contribution in [-0.4, -0.2) is 38.8 Å². The Labute approximate surface area is 208 Å². The number of carbonyl (C=O) groups excluding carboxylic acids is 1. The summed E-state index contributed by atoms with van der Waals surface area (Å²) in [5.41, 5.74) is 1.86. The summed E-state index contributed by atoms with van der Waals surface area (Å²) in [5, 5.41) is 3.14. The Balaban J connectivity index is 1.63. The van der Waals surface area contributed by atoms with Crippen LogP contribution < -0.4 is 19.1 Å². The van der Waals surface area contributed by atoms with Crippen LogP contribution >= 0.6 is 0 Å². The van der Waals surface area contributed by atoms with E-state index < -0.39 is 16.1 Å². The van der Waals surface area contributed by atoms with Gasteiger partial charge in [-0.2, -0.15) is 0 Å². The van der Waals surface area contributed by atoms with Gasteiger partial charge in [-0.05, 0) is 42.0 Å². The fourth-order valence-electron chi connectivity index (χ4n) is 4.86. The topological polar surface area (TPSA) is 84.9 Å². The first kappa shape index (κ1) is 25.4. The maximum Gasteiger partial charge on any atom is 0.263 e. The summed E-state index contributed by atoms with van der Waals surface area (Å²) in [5.74, 6) is 0.820. The molecule has 2 aromatic carbocycles. The number of anilines is 1. The Kier molecular flexibility index (Phi) is 6.55. The molecule has 0 saturated heterocycles. The van der Waals surface area contributed by atoms with E-state index >= 15 is 0 Å². The first-order chi connectivity index (χ1) is 16.4. The van der Waals surface area contributed by atoms with Gasteiger partial charge < -0.3 is 14.8 Å². The van der Waals surface area contributed by atoms with Crippen molar-refractivity contribution < 1.29 is 22.7 Å². The zero-order valence-electron chi connectivity index (χ0n) is 21.4. The van der Waals surface area contributed by atoms with Gasteiger partial charge in [0.1, 0.15) is 17.1 Å². The molecule has 0 fully saturated rings. The van der Waals surface area contributed by atoms with Crippen LogP contribution in [0.25, 0.3) is 0 Å². The lowest BCUT2D eigenvalue weighted by Crippen LogP contribution is -2.52. The molecule has 2 atom stereocenters. The number of carbonyl (C=O) groups is 1. The Hall–Kier alpha value is -2.74. The largest absolute Gasteiger partial charge is 0.487 e. The minimum absolute atomic E-state index is 0.0805. The molecule has 0 aromatic heterocycles. The SMILES string of the molecule is CCC1(CC)C[C@@H](NC(=O)[C@@H]2CN(S(C)(=O)=O)c3cc(C(C)(C)C)ccc3O2)c2ccccc2O1. The van der Waals surface area contributed by atoms with Gasteiger partial charge in [-0.15, -0.1) is 0 Å². The standard InChI is InChI=1S/C27H36N2O5S/c1-7-27(8-2)16-20(19-11-9-10-12-22(19)34-27)28-25(30)24-17-29(35(6,31)32)21-15-18(26(3,4)5)13-14-23(21)33-24/h9-15,20,24H,7-8,16-17H2,1-6H3,(H,28,30)/t20-,24+/m1/s1. The number of hydrogen-bond donors (Lipinski definition) is 1. The van der Waals surface area contributed by atoms with E-state index in [1.165, 1.54) is 4.31 Å². The van der Waals surface area contributed by atoms with Gasteiger partial charge in [-0.25, -0.2) is 8.42 Å². The molecule has 1 amide bonds. The third-order valence-electron chi connectivity index (χ3n) is 7.19. The molecule has 4 rings (SSSR count). The minimum Gasteiger partial charge on any atom is -0.487 e. The van der Waals surface area contributed by atoms with Crippen LogP contribution in [0.15, 0.2) is 42.5 Å². The van der Waals surface area contributed by atoms with Crippen molar-refractivity contribution in [3.63, 3.8) is 0 Å². The number of nitrogens with zero attached hydrogens (tertiary/aromatic N) is 1. The van der Waals surface area contributed by atoms with Crippen LogP contribution in [0.2, 0.25) is 0 Å². The summed E-state index contributed by atoms with van der Waals surface area (Å²) in [7, 11) is -3.62. The van der Waals surface area contributed by atoms with Gasteiger partial charge in [0.2, 0.25) is 10.0 Å². The van der Waals surface area contributed by atoms with Crippen molar-refractivity contribution in [2.45, 2.75) is 77.0 Å². The Morgan fingerprint density at radius 2 is 1.80 bits per heavy atom. The average Bonchev–Trinajstić information content (AvgIpc) is 2.81. The number of sulfonamides is 1. The normalized spacial score (nSPS) is 21.3. The van der Waals surface area contributed by atoms with Gasteiger partial charge in [0.15, 0.2) is 6.10 Å². The fraction of sp³-hybridized carbons (Fsp3) is 0.519. The first-order valence-corrected chi connectivity index (χ1v) is 14.1. The Morgan fingerprint density at radius 3 is 2.43 bits per heavy atom. The van der Waals surface area contributed by atoms with Crippen molar-refractivity contribution in [2.75, 3.05) is 17.1 Å². The molecule has 35 heavy (non-hydrogen) atoms. The van der Waals surface area contributed by atoms with Gasteiger partial charge in [-0.3, -0.25) is 9.10 Å². The summed E-state index contributed by atoms with van der Waals surface area (Å²) >= 11 is 0. The highest BCUT2D eigenvalue weighted by Crippen LogP contribution is 2.43. The monoisotopic (exact) mass is 500 g/mol. The Morgan fingerprint density at radius 1 is 1.11 bits per heavy atom. The summed E-state index contributed by atoms with van der Waals surface area (Å²) < 4.78 is 39.1. The van der Waals surface area contributed by atoms with Gasteiger partial charge in [0, 0.05) is 12.0 Å². The number of hydrogen-bond acceptors (Lipinski definition) is 5. The molecule has 8 heteroatoms. The maximum atomic E-state index is 13.5. The van der Waals surface area contributed by atoms with Crippen LogP contribution in [0.1, 0.15) is 71.0 Å².